The predicted octanol–water partition coefficient (Wildman–Crippen LogP) is 2.09. The summed E-state index contributed by atoms with van der Waals surface area (Å²) in [6.07, 6.45) is -0.240. The second-order valence-electron chi connectivity index (χ2n) is 6.87. The third-order valence-electron chi connectivity index (χ3n) is 4.47. The fourth-order valence-corrected chi connectivity index (χ4v) is 2.92. The van der Waals surface area contributed by atoms with Crippen molar-refractivity contribution in [2.45, 2.75) is 13.5 Å². The number of hydrogen-bond acceptors (Lipinski definition) is 5. The summed E-state index contributed by atoms with van der Waals surface area (Å²) in [5, 5.41) is 3.40. The van der Waals surface area contributed by atoms with Crippen molar-refractivity contribution in [3.63, 3.8) is 0 Å². The van der Waals surface area contributed by atoms with Crippen LogP contribution in [0.1, 0.15) is 12.5 Å². The Morgan fingerprint density at radius 3 is 2.52 bits per heavy atom. The Labute approximate surface area is 191 Å². The normalized spacial score (nSPS) is 14.4. The van der Waals surface area contributed by atoms with Gasteiger partial charge in [0.1, 0.15) is 12.4 Å². The lowest BCUT2D eigenvalue weighted by atomic mass is 10.2. The summed E-state index contributed by atoms with van der Waals surface area (Å²) in [7, 11) is 5.84. The first-order valence-corrected chi connectivity index (χ1v) is 9.77. The molecule has 1 N–H and O–H groups in total. The molecular weight excluding hydrogens is 485 g/mol. The Morgan fingerprint density at radius 1 is 1.21 bits per heavy atom. The van der Waals surface area contributed by atoms with Gasteiger partial charge in [-0.2, -0.15) is 0 Å². The molecule has 1 aromatic carbocycles. The van der Waals surface area contributed by atoms with Crippen molar-refractivity contribution in [2.75, 3.05) is 67.1 Å². The molecule has 29 heavy (non-hydrogen) atoms. The molecule has 1 heterocycles. The van der Waals surface area contributed by atoms with Crippen LogP contribution in [0.25, 0.3) is 0 Å². The molecule has 0 atom stereocenters. The molecule has 9 heteroatoms. The highest BCUT2D eigenvalue weighted by Crippen LogP contribution is 2.13. The number of benzene rings is 1. The number of hydrogen-bond donors (Lipinski definition) is 1. The fourth-order valence-electron chi connectivity index (χ4n) is 2.92. The summed E-state index contributed by atoms with van der Waals surface area (Å²) < 4.78 is 10.9. The van der Waals surface area contributed by atoms with Gasteiger partial charge in [0.25, 0.3) is 0 Å². The predicted molar refractivity (Wildman–Crippen MR) is 126 cm³/mol. The Bertz CT molecular complexity index is 649. The molecule has 0 aromatic heterocycles. The largest absolute Gasteiger partial charge is 0.492 e. The maximum absolute atomic E-state index is 11.8. The molecule has 1 aliphatic heterocycles. The number of piperazine rings is 1. The van der Waals surface area contributed by atoms with E-state index in [1.807, 2.05) is 33.2 Å². The topological polar surface area (TPSA) is 69.6 Å². The number of likely N-dealkylation sites (N-methyl/N-ethyl adjacent to an activating group) is 1. The zero-order valence-corrected chi connectivity index (χ0v) is 20.2. The number of aliphatic imine (C=N–C) groups is 1. The first kappa shape index (κ1) is 25.3. The van der Waals surface area contributed by atoms with E-state index in [1.165, 1.54) is 0 Å². The SMILES string of the molecule is CCOC(=O)N1CCN(C(=NC)NCc2cccc(OCCN(C)C)c2)CC1.I. The van der Waals surface area contributed by atoms with Crippen molar-refractivity contribution in [3.8, 4) is 5.75 Å². The van der Waals surface area contributed by atoms with Crippen molar-refractivity contribution in [1.29, 1.82) is 0 Å². The van der Waals surface area contributed by atoms with E-state index >= 15 is 0 Å². The van der Waals surface area contributed by atoms with Crippen LogP contribution in [0.3, 0.4) is 0 Å². The highest BCUT2D eigenvalue weighted by molar-refractivity contribution is 14.0. The highest BCUT2D eigenvalue weighted by Gasteiger charge is 2.23. The van der Waals surface area contributed by atoms with Crippen LogP contribution in [0.5, 0.6) is 5.75 Å². The van der Waals surface area contributed by atoms with Crippen LogP contribution in [0.2, 0.25) is 0 Å². The van der Waals surface area contributed by atoms with Gasteiger partial charge < -0.3 is 29.5 Å². The minimum atomic E-state index is -0.240. The molecule has 0 spiro atoms. The Balaban J connectivity index is 0.00000420. The average Bonchev–Trinajstić information content (AvgIpc) is 2.69. The second-order valence-corrected chi connectivity index (χ2v) is 6.87. The van der Waals surface area contributed by atoms with Crippen LogP contribution >= 0.6 is 24.0 Å². The molecular formula is C20H34IN5O3. The van der Waals surface area contributed by atoms with Crippen LogP contribution in [-0.4, -0.2) is 93.8 Å². The fraction of sp³-hybridized carbons (Fsp3) is 0.600. The lowest BCUT2D eigenvalue weighted by Gasteiger charge is -2.35. The number of nitrogens with zero attached hydrogens (tertiary/aromatic N) is 4. The third kappa shape index (κ3) is 8.65. The van der Waals surface area contributed by atoms with Gasteiger partial charge in [-0.3, -0.25) is 4.99 Å². The summed E-state index contributed by atoms with van der Waals surface area (Å²) in [6, 6.07) is 8.10. The van der Waals surface area contributed by atoms with E-state index in [9.17, 15) is 4.79 Å². The zero-order valence-electron chi connectivity index (χ0n) is 17.9. The molecule has 8 nitrogen and oxygen atoms in total. The molecule has 0 aliphatic carbocycles. The molecule has 1 fully saturated rings. The van der Waals surface area contributed by atoms with Crippen molar-refractivity contribution in [1.82, 2.24) is 20.0 Å². The number of carbonyl (C=O) groups excluding carboxylic acids is 1. The average molecular weight is 519 g/mol. The number of amides is 1. The van der Waals surface area contributed by atoms with Crippen LogP contribution in [-0.2, 0) is 11.3 Å². The van der Waals surface area contributed by atoms with Crippen LogP contribution in [0, 0.1) is 0 Å². The van der Waals surface area contributed by atoms with Gasteiger partial charge in [0.2, 0.25) is 0 Å². The van der Waals surface area contributed by atoms with Gasteiger partial charge in [-0.1, -0.05) is 12.1 Å². The van der Waals surface area contributed by atoms with Crippen LogP contribution in [0.4, 0.5) is 4.79 Å². The highest BCUT2D eigenvalue weighted by atomic mass is 127. The summed E-state index contributed by atoms with van der Waals surface area (Å²) in [5.74, 6) is 1.71. The van der Waals surface area contributed by atoms with E-state index in [0.717, 1.165) is 36.9 Å². The van der Waals surface area contributed by atoms with E-state index in [0.29, 0.717) is 32.8 Å². The summed E-state index contributed by atoms with van der Waals surface area (Å²) in [6.45, 7) is 7.16. The first-order valence-electron chi connectivity index (χ1n) is 9.77. The number of rotatable bonds is 7. The van der Waals surface area contributed by atoms with Crippen molar-refractivity contribution < 1.29 is 14.3 Å². The molecule has 0 saturated carbocycles. The summed E-state index contributed by atoms with van der Waals surface area (Å²) in [4.78, 5) is 22.2. The van der Waals surface area contributed by atoms with Crippen molar-refractivity contribution in [2.24, 2.45) is 4.99 Å². The molecule has 0 radical (unpaired) electrons. The molecule has 1 aliphatic rings. The first-order chi connectivity index (χ1) is 13.5. The van der Waals surface area contributed by atoms with E-state index in [-0.39, 0.29) is 30.1 Å². The van der Waals surface area contributed by atoms with Gasteiger partial charge in [-0.25, -0.2) is 4.79 Å². The molecule has 0 unspecified atom stereocenters. The number of nitrogens with one attached hydrogen (secondary N) is 1. The Hall–Kier alpha value is -1.75. The summed E-state index contributed by atoms with van der Waals surface area (Å²) in [5.41, 5.74) is 1.13. The minimum absolute atomic E-state index is 0. The minimum Gasteiger partial charge on any atom is -0.492 e. The van der Waals surface area contributed by atoms with Gasteiger partial charge in [-0.15, -0.1) is 24.0 Å². The Kier molecular flexibility index (Phi) is 11.7. The molecule has 2 rings (SSSR count). The van der Waals surface area contributed by atoms with Crippen molar-refractivity contribution in [3.05, 3.63) is 29.8 Å². The smallest absolute Gasteiger partial charge is 0.409 e. The number of guanidine groups is 1. The molecule has 1 amide bonds. The maximum Gasteiger partial charge on any atom is 0.409 e. The summed E-state index contributed by atoms with van der Waals surface area (Å²) >= 11 is 0. The lowest BCUT2D eigenvalue weighted by molar-refractivity contribution is 0.0914. The second kappa shape index (κ2) is 13.5. The van der Waals surface area contributed by atoms with E-state index < -0.39 is 0 Å². The van der Waals surface area contributed by atoms with E-state index in [4.69, 9.17) is 9.47 Å². The third-order valence-corrected chi connectivity index (χ3v) is 4.47. The van der Waals surface area contributed by atoms with E-state index in [1.54, 1.807) is 11.9 Å². The zero-order chi connectivity index (χ0) is 20.4. The number of halogens is 1. The van der Waals surface area contributed by atoms with Gasteiger partial charge in [0.15, 0.2) is 5.96 Å². The quantitative estimate of drug-likeness (QED) is 0.338. The molecule has 1 aromatic rings. The maximum atomic E-state index is 11.8. The van der Waals surface area contributed by atoms with Gasteiger partial charge in [0, 0.05) is 46.3 Å². The Morgan fingerprint density at radius 2 is 1.90 bits per heavy atom. The molecule has 1 saturated heterocycles. The van der Waals surface area contributed by atoms with Gasteiger partial charge in [-0.05, 0) is 38.7 Å². The molecule has 0 bridgehead atoms. The van der Waals surface area contributed by atoms with E-state index in [2.05, 4.69) is 32.2 Å². The van der Waals surface area contributed by atoms with Crippen molar-refractivity contribution >= 4 is 36.0 Å². The monoisotopic (exact) mass is 519 g/mol. The standard InChI is InChI=1S/C20H33N5O3.HI/c1-5-27-20(26)25-11-9-24(10-12-25)19(21-2)22-16-17-7-6-8-18(15-17)28-14-13-23(3)4;/h6-8,15H,5,9-14,16H2,1-4H3,(H,21,22);1H. The lowest BCUT2D eigenvalue weighted by Crippen LogP contribution is -2.53. The van der Waals surface area contributed by atoms with Gasteiger partial charge >= 0.3 is 6.09 Å². The van der Waals surface area contributed by atoms with Crippen LogP contribution < -0.4 is 10.1 Å². The number of ether oxygens (including phenoxy) is 2. The van der Waals surface area contributed by atoms with Gasteiger partial charge in [0.05, 0.1) is 6.61 Å². The molecule has 164 valence electrons. The van der Waals surface area contributed by atoms with Crippen LogP contribution in [0.15, 0.2) is 29.3 Å². The number of carbonyl (C=O) groups is 1.